The van der Waals surface area contributed by atoms with E-state index in [0.29, 0.717) is 18.4 Å². The van der Waals surface area contributed by atoms with Crippen LogP contribution in [0.1, 0.15) is 34.6 Å². The van der Waals surface area contributed by atoms with Crippen LogP contribution in [-0.2, 0) is 21.4 Å². The van der Waals surface area contributed by atoms with E-state index in [1.807, 2.05) is 49.7 Å². The van der Waals surface area contributed by atoms with Crippen LogP contribution in [0.25, 0.3) is 0 Å². The molecule has 2 aliphatic rings. The highest BCUT2D eigenvalue weighted by Gasteiger charge is 2.58. The molecule has 0 bridgehead atoms. The predicted octanol–water partition coefficient (Wildman–Crippen LogP) is 3.00. The van der Waals surface area contributed by atoms with E-state index >= 15 is 0 Å². The summed E-state index contributed by atoms with van der Waals surface area (Å²) >= 11 is 1.34. The Morgan fingerprint density at radius 3 is 2.70 bits per heavy atom. The molecule has 27 heavy (non-hydrogen) atoms. The molecule has 7 heteroatoms. The van der Waals surface area contributed by atoms with Crippen LogP contribution < -0.4 is 4.90 Å². The molecular weight excluding hydrogens is 364 g/mol. The standard InChI is InChI=1S/C20H20N2O4S/c1-12-10-14(13(2)21(12)3)16(23)11-26-19(25)20-9-8-18(24)22(20)15-6-4-5-7-17(15)27-20/h4-7,10H,8-9,11H2,1-3H3/t20-/m1/s1. The second-order valence-corrected chi connectivity index (χ2v) is 8.25. The Morgan fingerprint density at radius 2 is 2.00 bits per heavy atom. The fraction of sp³-hybridized carbons (Fsp3) is 0.350. The van der Waals surface area contributed by atoms with Gasteiger partial charge in [0.2, 0.25) is 11.7 Å². The minimum Gasteiger partial charge on any atom is -0.455 e. The number of para-hydroxylation sites is 1. The Morgan fingerprint density at radius 1 is 1.26 bits per heavy atom. The zero-order valence-electron chi connectivity index (χ0n) is 15.4. The molecule has 140 valence electrons. The van der Waals surface area contributed by atoms with Crippen LogP contribution in [0.15, 0.2) is 35.2 Å². The summed E-state index contributed by atoms with van der Waals surface area (Å²) in [6, 6.07) is 9.25. The number of hydrogen-bond acceptors (Lipinski definition) is 5. The third-order valence-corrected chi connectivity index (χ3v) is 6.86. The highest BCUT2D eigenvalue weighted by molar-refractivity contribution is 8.02. The molecule has 2 aliphatic heterocycles. The third-order valence-electron chi connectivity index (χ3n) is 5.40. The summed E-state index contributed by atoms with van der Waals surface area (Å²) in [5.41, 5.74) is 3.10. The van der Waals surface area contributed by atoms with Crippen LogP contribution in [0.4, 0.5) is 5.69 Å². The Bertz CT molecular complexity index is 980. The zero-order valence-corrected chi connectivity index (χ0v) is 16.3. The van der Waals surface area contributed by atoms with Gasteiger partial charge in [0.05, 0.1) is 5.69 Å². The molecule has 0 N–H and O–H groups in total. The second kappa shape index (κ2) is 6.27. The lowest BCUT2D eigenvalue weighted by atomic mass is 10.1. The van der Waals surface area contributed by atoms with Gasteiger partial charge in [0.15, 0.2) is 11.5 Å². The lowest BCUT2D eigenvalue weighted by Crippen LogP contribution is -2.48. The third kappa shape index (κ3) is 2.60. The van der Waals surface area contributed by atoms with Crippen molar-refractivity contribution in [3.8, 4) is 0 Å². The lowest BCUT2D eigenvalue weighted by Gasteiger charge is -2.28. The maximum Gasteiger partial charge on any atom is 0.343 e. The maximum atomic E-state index is 13.0. The lowest BCUT2D eigenvalue weighted by molar-refractivity contribution is -0.145. The molecule has 1 amide bonds. The van der Waals surface area contributed by atoms with Crippen molar-refractivity contribution < 1.29 is 19.1 Å². The number of Topliss-reactive ketones (excluding diaryl/α,β-unsaturated/α-hetero) is 1. The predicted molar refractivity (Wildman–Crippen MR) is 102 cm³/mol. The number of rotatable bonds is 4. The first-order valence-corrected chi connectivity index (χ1v) is 9.61. The number of amides is 1. The van der Waals surface area contributed by atoms with Crippen molar-refractivity contribution >= 4 is 35.1 Å². The van der Waals surface area contributed by atoms with Crippen LogP contribution in [0.2, 0.25) is 0 Å². The summed E-state index contributed by atoms with van der Waals surface area (Å²) in [6.45, 7) is 3.45. The van der Waals surface area contributed by atoms with Gasteiger partial charge < -0.3 is 9.30 Å². The number of carbonyl (C=O) groups is 3. The minimum absolute atomic E-state index is 0.0924. The van der Waals surface area contributed by atoms with Crippen molar-refractivity contribution in [3.63, 3.8) is 0 Å². The van der Waals surface area contributed by atoms with Gasteiger partial charge in [0.25, 0.3) is 0 Å². The number of thioether (sulfide) groups is 1. The van der Waals surface area contributed by atoms with Crippen LogP contribution in [0.5, 0.6) is 0 Å². The van der Waals surface area contributed by atoms with Gasteiger partial charge in [0, 0.05) is 41.7 Å². The number of carbonyl (C=O) groups excluding carboxylic acids is 3. The average Bonchev–Trinajstić information content (AvgIpc) is 3.26. The summed E-state index contributed by atoms with van der Waals surface area (Å²) in [7, 11) is 1.89. The summed E-state index contributed by atoms with van der Waals surface area (Å²) in [5.74, 6) is -0.865. The molecule has 3 heterocycles. The molecule has 4 rings (SSSR count). The van der Waals surface area contributed by atoms with E-state index in [9.17, 15) is 14.4 Å². The Balaban J connectivity index is 1.54. The Hall–Kier alpha value is -2.54. The molecule has 0 unspecified atom stereocenters. The van der Waals surface area contributed by atoms with Crippen LogP contribution in [0.3, 0.4) is 0 Å². The molecule has 6 nitrogen and oxygen atoms in total. The van der Waals surface area contributed by atoms with Crippen molar-refractivity contribution in [2.24, 2.45) is 7.05 Å². The maximum absolute atomic E-state index is 13.0. The summed E-state index contributed by atoms with van der Waals surface area (Å²) in [5, 5.41) is 0. The van der Waals surface area contributed by atoms with Crippen LogP contribution >= 0.6 is 11.8 Å². The van der Waals surface area contributed by atoms with Crippen LogP contribution in [0, 0.1) is 13.8 Å². The number of anilines is 1. The number of benzene rings is 1. The number of hydrogen-bond donors (Lipinski definition) is 0. The molecular formula is C20H20N2O4S. The zero-order chi connectivity index (χ0) is 19.3. The number of esters is 1. The number of nitrogens with zero attached hydrogens (tertiary/aromatic N) is 2. The van der Waals surface area contributed by atoms with Gasteiger partial charge in [-0.15, -0.1) is 0 Å². The van der Waals surface area contributed by atoms with Crippen LogP contribution in [-0.4, -0.2) is 33.7 Å². The topological polar surface area (TPSA) is 68.6 Å². The second-order valence-electron chi connectivity index (χ2n) is 6.93. The first kappa shape index (κ1) is 17.9. The summed E-state index contributed by atoms with van der Waals surface area (Å²) in [4.78, 5) is 39.2. The largest absolute Gasteiger partial charge is 0.455 e. The summed E-state index contributed by atoms with van der Waals surface area (Å²) < 4.78 is 7.34. The quantitative estimate of drug-likeness (QED) is 0.599. The summed E-state index contributed by atoms with van der Waals surface area (Å²) in [6.07, 6.45) is 0.670. The molecule has 1 aromatic heterocycles. The van der Waals surface area contributed by atoms with Gasteiger partial charge in [0.1, 0.15) is 0 Å². The number of aryl methyl sites for hydroxylation is 1. The highest BCUT2D eigenvalue weighted by atomic mass is 32.2. The molecule has 0 saturated carbocycles. The number of aromatic nitrogens is 1. The average molecular weight is 384 g/mol. The molecule has 0 spiro atoms. The molecule has 1 aromatic carbocycles. The Labute approximate surface area is 161 Å². The van der Waals surface area contributed by atoms with Gasteiger partial charge in [-0.3, -0.25) is 14.5 Å². The van der Waals surface area contributed by atoms with Crippen molar-refractivity contribution in [2.75, 3.05) is 11.5 Å². The smallest absolute Gasteiger partial charge is 0.343 e. The molecule has 0 radical (unpaired) electrons. The van der Waals surface area contributed by atoms with E-state index in [1.54, 1.807) is 6.07 Å². The van der Waals surface area contributed by atoms with E-state index in [4.69, 9.17) is 4.74 Å². The minimum atomic E-state index is -1.09. The Kier molecular flexibility index (Phi) is 4.14. The van der Waals surface area contributed by atoms with E-state index in [1.165, 1.54) is 16.7 Å². The molecule has 2 aromatic rings. The first-order valence-electron chi connectivity index (χ1n) is 8.79. The number of ketones is 1. The SMILES string of the molecule is Cc1cc(C(=O)COC(=O)[C@]23CCC(=O)N2c2ccccc2S3)c(C)n1C. The number of fused-ring (bicyclic) bond motifs is 3. The van der Waals surface area contributed by atoms with E-state index < -0.39 is 10.8 Å². The molecule has 1 atom stereocenters. The first-order chi connectivity index (χ1) is 12.8. The van der Waals surface area contributed by atoms with E-state index in [0.717, 1.165) is 22.0 Å². The van der Waals surface area contributed by atoms with Gasteiger partial charge in [-0.2, -0.15) is 0 Å². The van der Waals surface area contributed by atoms with E-state index in [2.05, 4.69) is 0 Å². The fourth-order valence-corrected chi connectivity index (χ4v) is 5.14. The van der Waals surface area contributed by atoms with Crippen molar-refractivity contribution in [3.05, 3.63) is 47.3 Å². The monoisotopic (exact) mass is 384 g/mol. The van der Waals surface area contributed by atoms with Gasteiger partial charge >= 0.3 is 5.97 Å². The van der Waals surface area contributed by atoms with Crippen molar-refractivity contribution in [1.82, 2.24) is 4.57 Å². The number of ether oxygens (including phenoxy) is 1. The van der Waals surface area contributed by atoms with E-state index in [-0.39, 0.29) is 18.3 Å². The van der Waals surface area contributed by atoms with Gasteiger partial charge in [-0.1, -0.05) is 23.9 Å². The normalized spacial score (nSPS) is 20.6. The fourth-order valence-electron chi connectivity index (χ4n) is 3.73. The van der Waals surface area contributed by atoms with Crippen molar-refractivity contribution in [2.45, 2.75) is 36.5 Å². The van der Waals surface area contributed by atoms with Crippen molar-refractivity contribution in [1.29, 1.82) is 0 Å². The molecule has 0 aliphatic carbocycles. The van der Waals surface area contributed by atoms with Gasteiger partial charge in [-0.25, -0.2) is 4.79 Å². The molecule has 1 fully saturated rings. The van der Waals surface area contributed by atoms with Gasteiger partial charge in [-0.05, 0) is 32.0 Å². The highest BCUT2D eigenvalue weighted by Crippen LogP contribution is 2.56. The molecule has 1 saturated heterocycles.